The van der Waals surface area contributed by atoms with Crippen LogP contribution in [0.25, 0.3) is 16.9 Å². The van der Waals surface area contributed by atoms with E-state index in [1.54, 1.807) is 30.7 Å². The summed E-state index contributed by atoms with van der Waals surface area (Å²) in [6, 6.07) is 18.2. The molecule has 0 aliphatic carbocycles. The normalized spacial score (nSPS) is 11.1. The van der Waals surface area contributed by atoms with Crippen molar-refractivity contribution in [3.8, 4) is 5.82 Å². The van der Waals surface area contributed by atoms with Crippen LogP contribution in [-0.2, 0) is 11.3 Å². The molecule has 34 heavy (non-hydrogen) atoms. The number of rotatable bonds is 5. The second kappa shape index (κ2) is 9.62. The van der Waals surface area contributed by atoms with E-state index in [4.69, 9.17) is 4.74 Å². The molecule has 0 aliphatic heterocycles. The number of carbonyl (C=O) groups is 2. The number of para-hydroxylation sites is 2. The summed E-state index contributed by atoms with van der Waals surface area (Å²) in [4.78, 5) is 32.9. The van der Waals surface area contributed by atoms with Gasteiger partial charge in [0.05, 0.1) is 22.9 Å². The number of imidazole rings is 1. The highest BCUT2D eigenvalue weighted by molar-refractivity contribution is 5.99. The quantitative estimate of drug-likeness (QED) is 0.386. The Bertz CT molecular complexity index is 1290. The van der Waals surface area contributed by atoms with E-state index in [0.29, 0.717) is 23.7 Å². The predicted molar refractivity (Wildman–Crippen MR) is 131 cm³/mol. The van der Waals surface area contributed by atoms with Crippen LogP contribution in [0.4, 0.5) is 21.0 Å². The Morgan fingerprint density at radius 3 is 2.32 bits per heavy atom. The van der Waals surface area contributed by atoms with Crippen molar-refractivity contribution in [1.29, 1.82) is 0 Å². The summed E-state index contributed by atoms with van der Waals surface area (Å²) in [5.74, 6) is 0.704. The first-order chi connectivity index (χ1) is 16.3. The third kappa shape index (κ3) is 5.89. The molecule has 0 bridgehead atoms. The van der Waals surface area contributed by atoms with Gasteiger partial charge in [-0.25, -0.2) is 19.6 Å². The number of hydrogen-bond acceptors (Lipinski definition) is 5. The van der Waals surface area contributed by atoms with E-state index in [-0.39, 0.29) is 6.03 Å². The molecule has 3 amide bonds. The lowest BCUT2D eigenvalue weighted by molar-refractivity contribution is 0.0523. The average Bonchev–Trinajstić information content (AvgIpc) is 3.22. The summed E-state index contributed by atoms with van der Waals surface area (Å²) >= 11 is 0. The largest absolute Gasteiger partial charge is 0.444 e. The second-order valence-electron chi connectivity index (χ2n) is 8.64. The SMILES string of the molecule is CC(C)(C)OC(=O)NCc1ccc(NC(=O)Nc2ccc(-n3cnc4ccccc43)nc2)cc1. The first kappa shape index (κ1) is 22.8. The van der Waals surface area contributed by atoms with Gasteiger partial charge in [-0.15, -0.1) is 0 Å². The van der Waals surface area contributed by atoms with Crippen molar-refractivity contribution in [2.24, 2.45) is 0 Å². The van der Waals surface area contributed by atoms with Crippen LogP contribution in [0.15, 0.2) is 73.2 Å². The van der Waals surface area contributed by atoms with Crippen molar-refractivity contribution < 1.29 is 14.3 Å². The molecule has 0 spiro atoms. The van der Waals surface area contributed by atoms with Gasteiger partial charge in [-0.2, -0.15) is 0 Å². The predicted octanol–water partition coefficient (Wildman–Crippen LogP) is 5.09. The average molecular weight is 459 g/mol. The van der Waals surface area contributed by atoms with E-state index >= 15 is 0 Å². The number of alkyl carbamates (subject to hydrolysis) is 1. The number of benzene rings is 2. The zero-order valence-corrected chi connectivity index (χ0v) is 19.2. The number of fused-ring (bicyclic) bond motifs is 1. The van der Waals surface area contributed by atoms with Gasteiger partial charge in [0.15, 0.2) is 0 Å². The van der Waals surface area contributed by atoms with Gasteiger partial charge >= 0.3 is 12.1 Å². The maximum atomic E-state index is 12.4. The number of anilines is 2. The van der Waals surface area contributed by atoms with Crippen LogP contribution in [0, 0.1) is 0 Å². The summed E-state index contributed by atoms with van der Waals surface area (Å²) < 4.78 is 7.10. The summed E-state index contributed by atoms with van der Waals surface area (Å²) in [6.45, 7) is 5.75. The van der Waals surface area contributed by atoms with E-state index in [1.165, 1.54) is 0 Å². The number of hydrogen-bond donors (Lipinski definition) is 3. The summed E-state index contributed by atoms with van der Waals surface area (Å²) in [5.41, 5.74) is 3.35. The van der Waals surface area contributed by atoms with Crippen molar-refractivity contribution in [3.05, 3.63) is 78.8 Å². The number of amides is 3. The lowest BCUT2D eigenvalue weighted by Gasteiger charge is -2.19. The maximum Gasteiger partial charge on any atom is 0.407 e. The molecule has 2 heterocycles. The highest BCUT2D eigenvalue weighted by Crippen LogP contribution is 2.18. The highest BCUT2D eigenvalue weighted by atomic mass is 16.6. The number of carbonyl (C=O) groups excluding carboxylic acids is 2. The van der Waals surface area contributed by atoms with Crippen LogP contribution in [0.3, 0.4) is 0 Å². The number of aromatic nitrogens is 3. The molecule has 3 N–H and O–H groups in total. The van der Waals surface area contributed by atoms with Crippen LogP contribution in [0.5, 0.6) is 0 Å². The molecule has 4 rings (SSSR count). The van der Waals surface area contributed by atoms with E-state index in [9.17, 15) is 9.59 Å². The number of ether oxygens (including phenoxy) is 1. The molecule has 0 saturated carbocycles. The van der Waals surface area contributed by atoms with E-state index in [1.807, 2.05) is 67.8 Å². The first-order valence-corrected chi connectivity index (χ1v) is 10.8. The van der Waals surface area contributed by atoms with Crippen molar-refractivity contribution in [3.63, 3.8) is 0 Å². The van der Waals surface area contributed by atoms with Crippen LogP contribution < -0.4 is 16.0 Å². The van der Waals surface area contributed by atoms with Crippen LogP contribution in [0.2, 0.25) is 0 Å². The maximum absolute atomic E-state index is 12.4. The molecule has 2 aromatic heterocycles. The molecule has 174 valence electrons. The highest BCUT2D eigenvalue weighted by Gasteiger charge is 2.15. The molecule has 0 atom stereocenters. The molecule has 0 radical (unpaired) electrons. The van der Waals surface area contributed by atoms with Gasteiger partial charge in [-0.3, -0.25) is 4.57 Å². The Labute approximate surface area is 197 Å². The zero-order chi connectivity index (χ0) is 24.1. The standard InChI is InChI=1S/C25H26N6O3/c1-25(2,3)34-24(33)27-14-17-8-10-18(11-9-17)29-23(32)30-19-12-13-22(26-15-19)31-16-28-20-6-4-5-7-21(20)31/h4-13,15-16H,14H2,1-3H3,(H,27,33)(H2,29,30,32). The molecular weight excluding hydrogens is 432 g/mol. The molecule has 2 aromatic carbocycles. The second-order valence-corrected chi connectivity index (χ2v) is 8.64. The fourth-order valence-corrected chi connectivity index (χ4v) is 3.23. The molecule has 0 fully saturated rings. The minimum atomic E-state index is -0.547. The molecule has 0 unspecified atom stereocenters. The molecule has 4 aromatic rings. The molecule has 0 aliphatic rings. The molecular formula is C25H26N6O3. The monoisotopic (exact) mass is 458 g/mol. The van der Waals surface area contributed by atoms with Gasteiger partial charge in [0.25, 0.3) is 0 Å². The van der Waals surface area contributed by atoms with Crippen molar-refractivity contribution >= 4 is 34.5 Å². The number of urea groups is 1. The Hall–Kier alpha value is -4.40. The molecule has 9 heteroatoms. The van der Waals surface area contributed by atoms with Crippen molar-refractivity contribution in [2.75, 3.05) is 10.6 Å². The Morgan fingerprint density at radius 2 is 1.62 bits per heavy atom. The lowest BCUT2D eigenvalue weighted by atomic mass is 10.2. The summed E-state index contributed by atoms with van der Waals surface area (Å²) in [7, 11) is 0. The fraction of sp³-hybridized carbons (Fsp3) is 0.200. The van der Waals surface area contributed by atoms with Crippen LogP contribution in [0.1, 0.15) is 26.3 Å². The first-order valence-electron chi connectivity index (χ1n) is 10.8. The van der Waals surface area contributed by atoms with Gasteiger partial charge in [0.2, 0.25) is 0 Å². The molecule has 0 saturated heterocycles. The number of nitrogens with zero attached hydrogens (tertiary/aromatic N) is 3. The Kier molecular flexibility index (Phi) is 6.44. The van der Waals surface area contributed by atoms with E-state index in [2.05, 4.69) is 25.9 Å². The van der Waals surface area contributed by atoms with Gasteiger partial charge in [0, 0.05) is 12.2 Å². The van der Waals surface area contributed by atoms with Gasteiger partial charge in [-0.1, -0.05) is 24.3 Å². The third-order valence-corrected chi connectivity index (χ3v) is 4.75. The van der Waals surface area contributed by atoms with Crippen molar-refractivity contribution in [2.45, 2.75) is 32.9 Å². The topological polar surface area (TPSA) is 110 Å². The van der Waals surface area contributed by atoms with E-state index in [0.717, 1.165) is 16.6 Å². The number of nitrogens with one attached hydrogen (secondary N) is 3. The van der Waals surface area contributed by atoms with Gasteiger partial charge in [0.1, 0.15) is 17.7 Å². The van der Waals surface area contributed by atoms with E-state index < -0.39 is 11.7 Å². The summed E-state index contributed by atoms with van der Waals surface area (Å²) in [6.07, 6.45) is 2.84. The smallest absolute Gasteiger partial charge is 0.407 e. The fourth-order valence-electron chi connectivity index (χ4n) is 3.23. The molecule has 9 nitrogen and oxygen atoms in total. The van der Waals surface area contributed by atoms with Crippen molar-refractivity contribution in [1.82, 2.24) is 19.9 Å². The number of pyridine rings is 1. The van der Waals surface area contributed by atoms with Gasteiger partial charge < -0.3 is 20.7 Å². The summed E-state index contributed by atoms with van der Waals surface area (Å²) in [5, 5.41) is 8.24. The lowest BCUT2D eigenvalue weighted by Crippen LogP contribution is -2.32. The Morgan fingerprint density at radius 1 is 0.912 bits per heavy atom. The third-order valence-electron chi connectivity index (χ3n) is 4.75. The minimum absolute atomic E-state index is 0.325. The van der Waals surface area contributed by atoms with Gasteiger partial charge in [-0.05, 0) is 62.7 Å². The minimum Gasteiger partial charge on any atom is -0.444 e. The zero-order valence-electron chi connectivity index (χ0n) is 19.2. The van der Waals surface area contributed by atoms with Crippen LogP contribution >= 0.6 is 0 Å². The Balaban J connectivity index is 1.30. The van der Waals surface area contributed by atoms with Crippen LogP contribution in [-0.4, -0.2) is 32.3 Å².